The van der Waals surface area contributed by atoms with Crippen LogP contribution in [0.4, 0.5) is 0 Å². The SMILES string of the molecule is CC(C)(CNC(=O)c1cc(Cl)cn1C1CC1)C(=O)O. The molecule has 1 aromatic heterocycles. The zero-order valence-corrected chi connectivity index (χ0v) is 11.7. The molecule has 1 aromatic rings. The molecule has 6 heteroatoms. The van der Waals surface area contributed by atoms with Gasteiger partial charge in [-0.05, 0) is 32.8 Å². The topological polar surface area (TPSA) is 71.3 Å². The highest BCUT2D eigenvalue weighted by Gasteiger charge is 2.30. The first-order valence-electron chi connectivity index (χ1n) is 6.20. The van der Waals surface area contributed by atoms with Crippen molar-refractivity contribution in [2.45, 2.75) is 32.7 Å². The van der Waals surface area contributed by atoms with Crippen molar-refractivity contribution < 1.29 is 14.7 Å². The van der Waals surface area contributed by atoms with Gasteiger partial charge in [-0.1, -0.05) is 11.6 Å². The zero-order valence-electron chi connectivity index (χ0n) is 10.9. The van der Waals surface area contributed by atoms with E-state index in [0.29, 0.717) is 16.8 Å². The molecule has 0 aromatic carbocycles. The Kier molecular flexibility index (Phi) is 3.58. The molecule has 0 unspecified atom stereocenters. The lowest BCUT2D eigenvalue weighted by Crippen LogP contribution is -2.39. The van der Waals surface area contributed by atoms with Gasteiger partial charge in [0.05, 0.1) is 10.4 Å². The maximum Gasteiger partial charge on any atom is 0.310 e. The fraction of sp³-hybridized carbons (Fsp3) is 0.538. The van der Waals surface area contributed by atoms with Crippen molar-refractivity contribution in [2.24, 2.45) is 5.41 Å². The van der Waals surface area contributed by atoms with E-state index in [1.807, 2.05) is 4.57 Å². The van der Waals surface area contributed by atoms with Gasteiger partial charge in [0.1, 0.15) is 5.69 Å². The number of amides is 1. The minimum atomic E-state index is -0.990. The number of nitrogens with one attached hydrogen (secondary N) is 1. The molecule has 1 amide bonds. The van der Waals surface area contributed by atoms with Gasteiger partial charge >= 0.3 is 5.97 Å². The van der Waals surface area contributed by atoms with Crippen LogP contribution in [0.15, 0.2) is 12.3 Å². The third-order valence-corrected chi connectivity index (χ3v) is 3.46. The summed E-state index contributed by atoms with van der Waals surface area (Å²) in [7, 11) is 0. The van der Waals surface area contributed by atoms with Crippen molar-refractivity contribution in [1.29, 1.82) is 0 Å². The van der Waals surface area contributed by atoms with E-state index in [1.165, 1.54) is 0 Å². The van der Waals surface area contributed by atoms with Crippen LogP contribution in [0.5, 0.6) is 0 Å². The first kappa shape index (κ1) is 13.9. The molecule has 1 saturated carbocycles. The van der Waals surface area contributed by atoms with Crippen LogP contribution in [0.2, 0.25) is 5.02 Å². The van der Waals surface area contributed by atoms with E-state index in [0.717, 1.165) is 12.8 Å². The smallest absolute Gasteiger partial charge is 0.310 e. The number of aliphatic carboxylic acids is 1. The lowest BCUT2D eigenvalue weighted by Gasteiger charge is -2.19. The fourth-order valence-electron chi connectivity index (χ4n) is 1.75. The maximum absolute atomic E-state index is 12.1. The average Bonchev–Trinajstić information content (AvgIpc) is 3.09. The molecule has 5 nitrogen and oxygen atoms in total. The Hall–Kier alpha value is -1.49. The van der Waals surface area contributed by atoms with E-state index in [-0.39, 0.29) is 12.5 Å². The predicted molar refractivity (Wildman–Crippen MR) is 71.5 cm³/mol. The Bertz CT molecular complexity index is 518. The van der Waals surface area contributed by atoms with Crippen LogP contribution in [0, 0.1) is 5.41 Å². The molecule has 1 heterocycles. The Labute approximate surface area is 116 Å². The normalized spacial score (nSPS) is 15.3. The summed E-state index contributed by atoms with van der Waals surface area (Å²) in [6.07, 6.45) is 3.84. The van der Waals surface area contributed by atoms with Gasteiger partial charge in [-0.15, -0.1) is 0 Å². The van der Waals surface area contributed by atoms with Crippen LogP contribution in [-0.4, -0.2) is 28.1 Å². The number of carboxylic acids is 1. The molecule has 1 aliphatic rings. The summed E-state index contributed by atoms with van der Waals surface area (Å²) in [5, 5.41) is 12.2. The molecular weight excluding hydrogens is 268 g/mol. The summed E-state index contributed by atoms with van der Waals surface area (Å²) in [6, 6.07) is 1.96. The number of aromatic nitrogens is 1. The highest BCUT2D eigenvalue weighted by molar-refractivity contribution is 6.31. The van der Waals surface area contributed by atoms with Crippen molar-refractivity contribution in [2.75, 3.05) is 6.54 Å². The Balaban J connectivity index is 2.06. The third kappa shape index (κ3) is 3.10. The van der Waals surface area contributed by atoms with E-state index in [4.69, 9.17) is 16.7 Å². The molecule has 0 atom stereocenters. The molecule has 19 heavy (non-hydrogen) atoms. The van der Waals surface area contributed by atoms with Gasteiger partial charge in [-0.2, -0.15) is 0 Å². The number of hydrogen-bond donors (Lipinski definition) is 2. The average molecular weight is 285 g/mol. The lowest BCUT2D eigenvalue weighted by atomic mass is 9.94. The van der Waals surface area contributed by atoms with Crippen molar-refractivity contribution in [3.05, 3.63) is 23.0 Å². The molecule has 0 aliphatic heterocycles. The highest BCUT2D eigenvalue weighted by atomic mass is 35.5. The number of rotatable bonds is 5. The van der Waals surface area contributed by atoms with Crippen molar-refractivity contribution in [3.63, 3.8) is 0 Å². The second-order valence-electron chi connectivity index (χ2n) is 5.55. The molecule has 0 saturated heterocycles. The number of nitrogens with zero attached hydrogens (tertiary/aromatic N) is 1. The Morgan fingerprint density at radius 1 is 1.53 bits per heavy atom. The fourth-order valence-corrected chi connectivity index (χ4v) is 1.96. The van der Waals surface area contributed by atoms with Gasteiger partial charge in [-0.25, -0.2) is 0 Å². The third-order valence-electron chi connectivity index (χ3n) is 3.26. The van der Waals surface area contributed by atoms with Crippen molar-refractivity contribution >= 4 is 23.5 Å². The molecule has 2 rings (SSSR count). The van der Waals surface area contributed by atoms with E-state index < -0.39 is 11.4 Å². The summed E-state index contributed by atoms with van der Waals surface area (Å²) in [5.74, 6) is -1.23. The molecule has 0 bridgehead atoms. The standard InChI is InChI=1S/C13H17ClN2O3/c1-13(2,12(18)19)7-15-11(17)10-5-8(14)6-16(10)9-3-4-9/h5-6,9H,3-4,7H2,1-2H3,(H,15,17)(H,18,19). The van der Waals surface area contributed by atoms with E-state index in [2.05, 4.69) is 5.32 Å². The van der Waals surface area contributed by atoms with Gasteiger partial charge in [0, 0.05) is 18.8 Å². The van der Waals surface area contributed by atoms with Gasteiger partial charge in [-0.3, -0.25) is 9.59 Å². The Morgan fingerprint density at radius 3 is 2.68 bits per heavy atom. The molecule has 1 aliphatic carbocycles. The second kappa shape index (κ2) is 4.89. The maximum atomic E-state index is 12.1. The van der Waals surface area contributed by atoms with Gasteiger partial charge in [0.2, 0.25) is 0 Å². The van der Waals surface area contributed by atoms with Crippen LogP contribution < -0.4 is 5.32 Å². The highest BCUT2D eigenvalue weighted by Crippen LogP contribution is 2.37. The molecule has 0 radical (unpaired) electrons. The molecule has 104 valence electrons. The van der Waals surface area contributed by atoms with Gasteiger partial charge in [0.25, 0.3) is 5.91 Å². The van der Waals surface area contributed by atoms with Crippen LogP contribution in [0.25, 0.3) is 0 Å². The predicted octanol–water partition coefficient (Wildman–Crippen LogP) is 2.32. The Morgan fingerprint density at radius 2 is 2.16 bits per heavy atom. The van der Waals surface area contributed by atoms with E-state index in [1.54, 1.807) is 26.1 Å². The monoisotopic (exact) mass is 284 g/mol. The first-order chi connectivity index (χ1) is 8.81. The second-order valence-corrected chi connectivity index (χ2v) is 5.99. The quantitative estimate of drug-likeness (QED) is 0.871. The molecule has 0 spiro atoms. The minimum Gasteiger partial charge on any atom is -0.481 e. The minimum absolute atomic E-state index is 0.0780. The van der Waals surface area contributed by atoms with Crippen molar-refractivity contribution in [1.82, 2.24) is 9.88 Å². The van der Waals surface area contributed by atoms with Crippen LogP contribution in [-0.2, 0) is 4.79 Å². The summed E-state index contributed by atoms with van der Waals surface area (Å²) in [4.78, 5) is 23.1. The summed E-state index contributed by atoms with van der Waals surface area (Å²) in [5.41, 5.74) is -0.495. The van der Waals surface area contributed by atoms with Gasteiger partial charge in [0.15, 0.2) is 0 Å². The largest absolute Gasteiger partial charge is 0.481 e. The van der Waals surface area contributed by atoms with Crippen LogP contribution in [0.3, 0.4) is 0 Å². The van der Waals surface area contributed by atoms with E-state index in [9.17, 15) is 9.59 Å². The number of carboxylic acid groups (broad SMARTS) is 1. The van der Waals surface area contributed by atoms with E-state index >= 15 is 0 Å². The number of hydrogen-bond acceptors (Lipinski definition) is 2. The number of carbonyl (C=O) groups is 2. The summed E-state index contributed by atoms with van der Waals surface area (Å²) >= 11 is 5.93. The zero-order chi connectivity index (χ0) is 14.2. The number of carbonyl (C=O) groups excluding carboxylic acids is 1. The molecule has 2 N–H and O–H groups in total. The first-order valence-corrected chi connectivity index (χ1v) is 6.58. The summed E-state index contributed by atoms with van der Waals surface area (Å²) in [6.45, 7) is 3.22. The lowest BCUT2D eigenvalue weighted by molar-refractivity contribution is -0.146. The van der Waals surface area contributed by atoms with Crippen LogP contribution in [0.1, 0.15) is 43.2 Å². The summed E-state index contributed by atoms with van der Waals surface area (Å²) < 4.78 is 1.87. The van der Waals surface area contributed by atoms with Gasteiger partial charge < -0.3 is 15.0 Å². The molecular formula is C13H17ClN2O3. The molecule has 1 fully saturated rings. The van der Waals surface area contributed by atoms with Crippen molar-refractivity contribution in [3.8, 4) is 0 Å². The number of halogens is 1. The van der Waals surface area contributed by atoms with Crippen LogP contribution >= 0.6 is 11.6 Å².